The van der Waals surface area contributed by atoms with Crippen molar-refractivity contribution in [3.8, 4) is 10.4 Å². The highest BCUT2D eigenvalue weighted by Crippen LogP contribution is 2.33. The molecule has 0 atom stereocenters. The third-order valence-corrected chi connectivity index (χ3v) is 5.59. The molecule has 0 radical (unpaired) electrons. The first kappa shape index (κ1) is 15.1. The molecule has 0 unspecified atom stereocenters. The van der Waals surface area contributed by atoms with Crippen molar-refractivity contribution < 1.29 is 9.59 Å². The molecule has 0 spiro atoms. The number of nitrogens with one attached hydrogen (secondary N) is 1. The van der Waals surface area contributed by atoms with Gasteiger partial charge in [-0.05, 0) is 65.5 Å². The molecule has 2 aromatic heterocycles. The summed E-state index contributed by atoms with van der Waals surface area (Å²) < 4.78 is 0. The number of aromatic nitrogens is 1. The van der Waals surface area contributed by atoms with Crippen LogP contribution in [-0.4, -0.2) is 16.1 Å². The molecule has 0 saturated carbocycles. The summed E-state index contributed by atoms with van der Waals surface area (Å²) in [6.45, 7) is 2.08. The van der Waals surface area contributed by atoms with Crippen molar-refractivity contribution in [2.24, 2.45) is 0 Å². The molecule has 1 saturated heterocycles. The molecule has 4 nitrogen and oxygen atoms in total. The lowest BCUT2D eigenvalue weighted by Crippen LogP contribution is -2.17. The van der Waals surface area contributed by atoms with Crippen LogP contribution in [0.5, 0.6) is 0 Å². The summed E-state index contributed by atoms with van der Waals surface area (Å²) in [6.07, 6.45) is 3.55. The average Bonchev–Trinajstić information content (AvgIpc) is 3.12. The minimum Gasteiger partial charge on any atom is -0.282 e. The number of pyridine rings is 1. The van der Waals surface area contributed by atoms with E-state index in [1.54, 1.807) is 17.4 Å². The van der Waals surface area contributed by atoms with Crippen molar-refractivity contribution in [3.63, 3.8) is 0 Å². The third-order valence-electron chi connectivity index (χ3n) is 3.70. The topological polar surface area (TPSA) is 59.1 Å². The van der Waals surface area contributed by atoms with Crippen LogP contribution in [0, 0.1) is 6.92 Å². The molecule has 3 aromatic rings. The van der Waals surface area contributed by atoms with Gasteiger partial charge in [-0.25, -0.2) is 0 Å². The predicted molar refractivity (Wildman–Crippen MR) is 98.9 cm³/mol. The third kappa shape index (κ3) is 2.74. The van der Waals surface area contributed by atoms with Gasteiger partial charge in [0.05, 0.1) is 10.4 Å². The maximum Gasteiger partial charge on any atom is 0.290 e. The van der Waals surface area contributed by atoms with E-state index in [0.29, 0.717) is 4.91 Å². The fraction of sp³-hybridized carbons (Fsp3) is 0.0556. The number of hydrogen-bond acceptors (Lipinski definition) is 5. The Kier molecular flexibility index (Phi) is 3.70. The molecule has 1 aromatic carbocycles. The van der Waals surface area contributed by atoms with Gasteiger partial charge in [0.2, 0.25) is 0 Å². The van der Waals surface area contributed by atoms with E-state index in [4.69, 9.17) is 0 Å². The van der Waals surface area contributed by atoms with E-state index in [9.17, 15) is 9.59 Å². The minimum atomic E-state index is -0.342. The SMILES string of the molecule is Cc1csc(-c2ccnc3ccc(C=C4SC(=O)NC4=O)cc23)c1. The highest BCUT2D eigenvalue weighted by atomic mass is 32.2. The van der Waals surface area contributed by atoms with Gasteiger partial charge in [0.1, 0.15) is 0 Å². The molecular weight excluding hydrogens is 340 g/mol. The van der Waals surface area contributed by atoms with Gasteiger partial charge in [-0.1, -0.05) is 6.07 Å². The van der Waals surface area contributed by atoms with Gasteiger partial charge in [0.25, 0.3) is 11.1 Å². The lowest BCUT2D eigenvalue weighted by Gasteiger charge is -2.05. The number of thioether (sulfide) groups is 1. The molecule has 0 bridgehead atoms. The maximum absolute atomic E-state index is 11.7. The van der Waals surface area contributed by atoms with E-state index in [0.717, 1.165) is 33.8 Å². The second kappa shape index (κ2) is 5.89. The van der Waals surface area contributed by atoms with Crippen molar-refractivity contribution in [1.29, 1.82) is 0 Å². The minimum absolute atomic E-state index is 0.330. The molecule has 2 amide bonds. The van der Waals surface area contributed by atoms with Gasteiger partial charge >= 0.3 is 0 Å². The van der Waals surface area contributed by atoms with Crippen molar-refractivity contribution in [2.45, 2.75) is 6.92 Å². The summed E-state index contributed by atoms with van der Waals surface area (Å²) in [4.78, 5) is 29.0. The van der Waals surface area contributed by atoms with Crippen LogP contribution in [0.4, 0.5) is 4.79 Å². The molecular formula is C18H12N2O2S2. The molecule has 3 heterocycles. The summed E-state index contributed by atoms with van der Waals surface area (Å²) in [6, 6.07) is 10.0. The number of carbonyl (C=O) groups is 2. The molecule has 4 rings (SSSR count). The van der Waals surface area contributed by atoms with E-state index >= 15 is 0 Å². The van der Waals surface area contributed by atoms with Crippen LogP contribution in [0.1, 0.15) is 11.1 Å². The van der Waals surface area contributed by atoms with Gasteiger partial charge in [0.15, 0.2) is 0 Å². The number of benzene rings is 1. The molecule has 0 aliphatic carbocycles. The number of hydrogen-bond donors (Lipinski definition) is 1. The fourth-order valence-electron chi connectivity index (χ4n) is 2.61. The van der Waals surface area contributed by atoms with Crippen molar-refractivity contribution >= 4 is 51.2 Å². The van der Waals surface area contributed by atoms with Crippen LogP contribution in [0.25, 0.3) is 27.4 Å². The van der Waals surface area contributed by atoms with Gasteiger partial charge in [0, 0.05) is 22.0 Å². The van der Waals surface area contributed by atoms with Gasteiger partial charge in [-0.3, -0.25) is 19.9 Å². The summed E-state index contributed by atoms with van der Waals surface area (Å²) in [5, 5.41) is 5.09. The lowest BCUT2D eigenvalue weighted by molar-refractivity contribution is -0.115. The Morgan fingerprint density at radius 2 is 2.04 bits per heavy atom. The molecule has 1 fully saturated rings. The molecule has 1 N–H and O–H groups in total. The van der Waals surface area contributed by atoms with E-state index in [-0.39, 0.29) is 11.1 Å². The number of carbonyl (C=O) groups excluding carboxylic acids is 2. The Hall–Kier alpha value is -2.44. The highest BCUT2D eigenvalue weighted by Gasteiger charge is 2.24. The standard InChI is InChI=1S/C18H12N2O2S2/c1-10-6-15(23-9-10)12-4-5-19-14-3-2-11(7-13(12)14)8-16-17(21)20-18(22)24-16/h2-9H,1H3,(H,20,21,22). The average molecular weight is 352 g/mol. The maximum atomic E-state index is 11.7. The number of amides is 2. The molecule has 1 aliphatic rings. The Morgan fingerprint density at radius 3 is 2.75 bits per heavy atom. The Morgan fingerprint density at radius 1 is 1.17 bits per heavy atom. The van der Waals surface area contributed by atoms with Crippen LogP contribution >= 0.6 is 23.1 Å². The van der Waals surface area contributed by atoms with Gasteiger partial charge in [-0.15, -0.1) is 11.3 Å². The number of rotatable bonds is 2. The highest BCUT2D eigenvalue weighted by molar-refractivity contribution is 8.18. The monoisotopic (exact) mass is 352 g/mol. The largest absolute Gasteiger partial charge is 0.290 e. The van der Waals surface area contributed by atoms with Crippen LogP contribution in [-0.2, 0) is 4.79 Å². The normalized spacial score (nSPS) is 16.1. The lowest BCUT2D eigenvalue weighted by atomic mass is 10.0. The summed E-state index contributed by atoms with van der Waals surface area (Å²) in [5.41, 5.74) is 4.13. The summed E-state index contributed by atoms with van der Waals surface area (Å²) in [5.74, 6) is -0.342. The van der Waals surface area contributed by atoms with Crippen molar-refractivity contribution in [2.75, 3.05) is 0 Å². The van der Waals surface area contributed by atoms with E-state index in [2.05, 4.69) is 28.7 Å². The summed E-state index contributed by atoms with van der Waals surface area (Å²) in [7, 11) is 0. The molecule has 6 heteroatoms. The Labute approximate surface area is 146 Å². The van der Waals surface area contributed by atoms with Crippen molar-refractivity contribution in [3.05, 3.63) is 57.9 Å². The zero-order valence-corrected chi connectivity index (χ0v) is 14.3. The first-order valence-electron chi connectivity index (χ1n) is 7.29. The molecule has 24 heavy (non-hydrogen) atoms. The zero-order chi connectivity index (χ0) is 16.7. The number of aryl methyl sites for hydroxylation is 1. The second-order valence-electron chi connectivity index (χ2n) is 5.48. The van der Waals surface area contributed by atoms with Gasteiger partial charge in [-0.2, -0.15) is 0 Å². The fourth-order valence-corrected chi connectivity index (χ4v) is 4.24. The Bertz CT molecular complexity index is 1020. The van der Waals surface area contributed by atoms with Crippen LogP contribution in [0.3, 0.4) is 0 Å². The zero-order valence-electron chi connectivity index (χ0n) is 12.7. The van der Waals surface area contributed by atoms with Crippen LogP contribution < -0.4 is 5.32 Å². The van der Waals surface area contributed by atoms with E-state index in [1.165, 1.54) is 10.4 Å². The number of fused-ring (bicyclic) bond motifs is 1. The van der Waals surface area contributed by atoms with Crippen LogP contribution in [0.2, 0.25) is 0 Å². The second-order valence-corrected chi connectivity index (χ2v) is 7.40. The predicted octanol–water partition coefficient (Wildman–Crippen LogP) is 4.60. The van der Waals surface area contributed by atoms with E-state index < -0.39 is 0 Å². The van der Waals surface area contributed by atoms with Crippen molar-refractivity contribution in [1.82, 2.24) is 10.3 Å². The first-order chi connectivity index (χ1) is 11.6. The molecule has 118 valence electrons. The number of imide groups is 1. The van der Waals surface area contributed by atoms with Gasteiger partial charge < -0.3 is 0 Å². The summed E-state index contributed by atoms with van der Waals surface area (Å²) >= 11 is 2.63. The Balaban J connectivity index is 1.84. The number of nitrogens with zero attached hydrogens (tertiary/aromatic N) is 1. The smallest absolute Gasteiger partial charge is 0.282 e. The molecule has 1 aliphatic heterocycles. The first-order valence-corrected chi connectivity index (χ1v) is 8.99. The number of thiophene rings is 1. The van der Waals surface area contributed by atoms with Crippen LogP contribution in [0.15, 0.2) is 46.8 Å². The quantitative estimate of drug-likeness (QED) is 0.685. The van der Waals surface area contributed by atoms with E-state index in [1.807, 2.05) is 30.5 Å².